The van der Waals surface area contributed by atoms with Crippen molar-refractivity contribution in [3.8, 4) is 5.75 Å². The highest BCUT2D eigenvalue weighted by molar-refractivity contribution is 5.87. The molecule has 4 rings (SSSR count). The molecule has 0 radical (unpaired) electrons. The Bertz CT molecular complexity index is 918. The molecule has 142 valence electrons. The Labute approximate surface area is 161 Å². The van der Waals surface area contributed by atoms with E-state index in [4.69, 9.17) is 4.74 Å². The first kappa shape index (κ1) is 18.0. The molecule has 5 heteroatoms. The topological polar surface area (TPSA) is 42.3 Å². The van der Waals surface area contributed by atoms with E-state index >= 15 is 0 Å². The Kier molecular flexibility index (Phi) is 5.14. The van der Waals surface area contributed by atoms with Gasteiger partial charge in [0.1, 0.15) is 11.6 Å². The van der Waals surface area contributed by atoms with Gasteiger partial charge in [0.2, 0.25) is 0 Å². The van der Waals surface area contributed by atoms with Crippen LogP contribution in [-0.4, -0.2) is 40.2 Å². The van der Waals surface area contributed by atoms with E-state index in [0.717, 1.165) is 37.8 Å². The van der Waals surface area contributed by atoms with Crippen molar-refractivity contribution < 1.29 is 4.74 Å². The SMILES string of the molecule is CC(C)Oc1ccc2ccccc2c1CN1CCNCC1c1nccn1C. The van der Waals surface area contributed by atoms with E-state index in [1.165, 1.54) is 16.3 Å². The number of nitrogens with zero attached hydrogens (tertiary/aromatic N) is 3. The minimum atomic E-state index is 0.151. The molecule has 0 amide bonds. The van der Waals surface area contributed by atoms with E-state index in [2.05, 4.69) is 77.1 Å². The van der Waals surface area contributed by atoms with Crippen molar-refractivity contribution in [3.05, 3.63) is 60.2 Å². The van der Waals surface area contributed by atoms with Gasteiger partial charge in [0.25, 0.3) is 0 Å². The molecule has 3 aromatic rings. The van der Waals surface area contributed by atoms with E-state index in [0.29, 0.717) is 0 Å². The molecule has 2 aromatic carbocycles. The summed E-state index contributed by atoms with van der Waals surface area (Å²) >= 11 is 0. The summed E-state index contributed by atoms with van der Waals surface area (Å²) in [6.07, 6.45) is 4.05. The second-order valence-corrected chi connectivity index (χ2v) is 7.52. The highest BCUT2D eigenvalue weighted by Gasteiger charge is 2.28. The number of nitrogens with one attached hydrogen (secondary N) is 1. The number of benzene rings is 2. The third-order valence-corrected chi connectivity index (χ3v) is 5.23. The van der Waals surface area contributed by atoms with Crippen LogP contribution in [0.3, 0.4) is 0 Å². The number of aromatic nitrogens is 2. The van der Waals surface area contributed by atoms with Gasteiger partial charge in [0.15, 0.2) is 0 Å². The maximum Gasteiger partial charge on any atom is 0.127 e. The van der Waals surface area contributed by atoms with E-state index < -0.39 is 0 Å². The first-order valence-corrected chi connectivity index (χ1v) is 9.72. The molecule has 1 N–H and O–H groups in total. The molecule has 1 saturated heterocycles. The van der Waals surface area contributed by atoms with E-state index in [1.807, 2.05) is 12.4 Å². The standard InChI is InChI=1S/C22H28N4O/c1-16(2)27-21-9-8-17-6-4-5-7-18(17)19(21)15-26-13-10-23-14-20(26)22-24-11-12-25(22)3/h4-9,11-12,16,20,23H,10,13-15H2,1-3H3. The Morgan fingerprint density at radius 3 is 2.85 bits per heavy atom. The lowest BCUT2D eigenvalue weighted by Crippen LogP contribution is -2.46. The summed E-state index contributed by atoms with van der Waals surface area (Å²) in [6.45, 7) is 7.91. The van der Waals surface area contributed by atoms with E-state index in [-0.39, 0.29) is 12.1 Å². The molecule has 0 bridgehead atoms. The average Bonchev–Trinajstić information content (AvgIpc) is 3.09. The summed E-state index contributed by atoms with van der Waals surface area (Å²) in [5.74, 6) is 2.09. The second-order valence-electron chi connectivity index (χ2n) is 7.52. The fourth-order valence-corrected chi connectivity index (χ4v) is 3.93. The summed E-state index contributed by atoms with van der Waals surface area (Å²) in [4.78, 5) is 7.14. The van der Waals surface area contributed by atoms with Gasteiger partial charge in [0, 0.05) is 51.2 Å². The quantitative estimate of drug-likeness (QED) is 0.752. The smallest absolute Gasteiger partial charge is 0.127 e. The third kappa shape index (κ3) is 3.70. The fraction of sp³-hybridized carbons (Fsp3) is 0.409. The first-order valence-electron chi connectivity index (χ1n) is 9.72. The molecule has 1 atom stereocenters. The lowest BCUT2D eigenvalue weighted by Gasteiger charge is -2.36. The maximum atomic E-state index is 6.18. The van der Waals surface area contributed by atoms with Crippen LogP contribution >= 0.6 is 0 Å². The van der Waals surface area contributed by atoms with Gasteiger partial charge in [-0.25, -0.2) is 4.98 Å². The van der Waals surface area contributed by atoms with Crippen LogP contribution in [0.25, 0.3) is 10.8 Å². The van der Waals surface area contributed by atoms with Gasteiger partial charge in [-0.3, -0.25) is 4.90 Å². The molecule has 2 heterocycles. The maximum absolute atomic E-state index is 6.18. The molecule has 1 aliphatic rings. The first-order chi connectivity index (χ1) is 13.1. The largest absolute Gasteiger partial charge is 0.491 e. The van der Waals surface area contributed by atoms with Gasteiger partial charge in [-0.2, -0.15) is 0 Å². The van der Waals surface area contributed by atoms with Crippen molar-refractivity contribution in [1.29, 1.82) is 0 Å². The molecule has 0 spiro atoms. The zero-order valence-corrected chi connectivity index (χ0v) is 16.4. The van der Waals surface area contributed by atoms with Crippen LogP contribution in [0.15, 0.2) is 48.8 Å². The van der Waals surface area contributed by atoms with Gasteiger partial charge in [-0.15, -0.1) is 0 Å². The molecule has 0 saturated carbocycles. The summed E-state index contributed by atoms with van der Waals surface area (Å²) in [7, 11) is 2.07. The van der Waals surface area contributed by atoms with Crippen molar-refractivity contribution in [2.45, 2.75) is 32.5 Å². The molecule has 1 fully saturated rings. The molecule has 1 unspecified atom stereocenters. The van der Waals surface area contributed by atoms with Gasteiger partial charge >= 0.3 is 0 Å². The van der Waals surface area contributed by atoms with Gasteiger partial charge < -0.3 is 14.6 Å². The van der Waals surface area contributed by atoms with Crippen LogP contribution < -0.4 is 10.1 Å². The fourth-order valence-electron chi connectivity index (χ4n) is 3.93. The molecule has 1 aliphatic heterocycles. The minimum absolute atomic E-state index is 0.151. The van der Waals surface area contributed by atoms with Crippen molar-refractivity contribution in [2.75, 3.05) is 19.6 Å². The molecule has 1 aromatic heterocycles. The van der Waals surface area contributed by atoms with Crippen molar-refractivity contribution in [3.63, 3.8) is 0 Å². The van der Waals surface area contributed by atoms with Crippen LogP contribution in [0, 0.1) is 0 Å². The minimum Gasteiger partial charge on any atom is -0.491 e. The summed E-state index contributed by atoms with van der Waals surface area (Å²) < 4.78 is 8.31. The number of rotatable bonds is 5. The predicted octanol–water partition coefficient (Wildman–Crippen LogP) is 3.51. The zero-order valence-electron chi connectivity index (χ0n) is 16.4. The van der Waals surface area contributed by atoms with E-state index in [9.17, 15) is 0 Å². The van der Waals surface area contributed by atoms with Gasteiger partial charge in [-0.05, 0) is 30.7 Å². The Morgan fingerprint density at radius 2 is 2.07 bits per heavy atom. The van der Waals surface area contributed by atoms with Crippen LogP contribution in [0.1, 0.15) is 31.3 Å². The number of hydrogen-bond donors (Lipinski definition) is 1. The Morgan fingerprint density at radius 1 is 1.22 bits per heavy atom. The zero-order chi connectivity index (χ0) is 18.8. The molecular formula is C22H28N4O. The number of fused-ring (bicyclic) bond motifs is 1. The number of aryl methyl sites for hydroxylation is 1. The lowest BCUT2D eigenvalue weighted by molar-refractivity contribution is 0.142. The summed E-state index contributed by atoms with van der Waals surface area (Å²) in [6, 6.07) is 13.1. The van der Waals surface area contributed by atoms with Crippen LogP contribution in [0.5, 0.6) is 5.75 Å². The average molecular weight is 364 g/mol. The third-order valence-electron chi connectivity index (χ3n) is 5.23. The lowest BCUT2D eigenvalue weighted by atomic mass is 10.0. The summed E-state index contributed by atoms with van der Waals surface area (Å²) in [5, 5.41) is 6.05. The van der Waals surface area contributed by atoms with Crippen LogP contribution in [0.4, 0.5) is 0 Å². The van der Waals surface area contributed by atoms with Gasteiger partial charge in [-0.1, -0.05) is 30.3 Å². The van der Waals surface area contributed by atoms with Crippen LogP contribution in [-0.2, 0) is 13.6 Å². The predicted molar refractivity (Wildman–Crippen MR) is 109 cm³/mol. The highest BCUT2D eigenvalue weighted by Crippen LogP contribution is 2.32. The Hall–Kier alpha value is -2.37. The highest BCUT2D eigenvalue weighted by atomic mass is 16.5. The molecule has 0 aliphatic carbocycles. The molecule has 5 nitrogen and oxygen atoms in total. The van der Waals surface area contributed by atoms with Crippen LogP contribution in [0.2, 0.25) is 0 Å². The normalized spacial score (nSPS) is 18.3. The van der Waals surface area contributed by atoms with Gasteiger partial charge in [0.05, 0.1) is 12.1 Å². The number of piperazine rings is 1. The summed E-state index contributed by atoms with van der Waals surface area (Å²) in [5.41, 5.74) is 1.27. The number of imidazole rings is 1. The molecule has 27 heavy (non-hydrogen) atoms. The Balaban J connectivity index is 1.73. The monoisotopic (exact) mass is 364 g/mol. The van der Waals surface area contributed by atoms with Crippen molar-refractivity contribution in [1.82, 2.24) is 19.8 Å². The molecular weight excluding hydrogens is 336 g/mol. The van der Waals surface area contributed by atoms with Crippen molar-refractivity contribution in [2.24, 2.45) is 7.05 Å². The van der Waals surface area contributed by atoms with Crippen molar-refractivity contribution >= 4 is 10.8 Å². The number of ether oxygens (including phenoxy) is 1. The number of hydrogen-bond acceptors (Lipinski definition) is 4. The van der Waals surface area contributed by atoms with E-state index in [1.54, 1.807) is 0 Å². The second kappa shape index (κ2) is 7.71.